The lowest BCUT2D eigenvalue weighted by Crippen LogP contribution is -2.70. The molecule has 0 aromatic carbocycles. The van der Waals surface area contributed by atoms with Gasteiger partial charge in [-0.3, -0.25) is 28.8 Å². The van der Waals surface area contributed by atoms with Crippen molar-refractivity contribution in [2.45, 2.75) is 137 Å². The minimum absolute atomic E-state index is 0.0479. The maximum atomic E-state index is 12.5. The van der Waals surface area contributed by atoms with Gasteiger partial charge in [0.05, 0.1) is 54.8 Å². The standard InChI is InChI=1S/C33H51IN4O24/c1-12(44)36-20-15(47)4-33(53,56-11-43)61-28(20)24(50)18(8-40)58-30-26(52)22(38-14(3)46)27(60-32(30)55-10-42)23(49)17(7-39)57-29-25(51)21(37-13(2)45)16(59-31(29)54-9-41)6-35-62-19(48)5-34/h9-11,15-18,20-32,35,39-40,47,49-53H,4-8H2,1-3H3,(H,36,44)(H,37,45)(H,38,46). The van der Waals surface area contributed by atoms with Gasteiger partial charge in [-0.15, -0.1) is 0 Å². The van der Waals surface area contributed by atoms with Crippen molar-refractivity contribution < 1.29 is 117 Å². The summed E-state index contributed by atoms with van der Waals surface area (Å²) in [7, 11) is 0. The number of aliphatic hydroxyl groups excluding tert-OH is 7. The van der Waals surface area contributed by atoms with Crippen LogP contribution in [0.4, 0.5) is 0 Å². The number of carbonyl (C=O) groups excluding carboxylic acids is 7. The van der Waals surface area contributed by atoms with E-state index < -0.39 is 153 Å². The minimum atomic E-state index is -2.86. The van der Waals surface area contributed by atoms with Gasteiger partial charge in [0.2, 0.25) is 30.3 Å². The number of aliphatic hydroxyl groups is 8. The van der Waals surface area contributed by atoms with Crippen LogP contribution in [0.2, 0.25) is 0 Å². The largest absolute Gasteiger partial charge is 0.435 e. The average Bonchev–Trinajstić information content (AvgIpc) is 3.20. The summed E-state index contributed by atoms with van der Waals surface area (Å²) in [5.41, 5.74) is 2.31. The molecule has 3 aliphatic heterocycles. The van der Waals surface area contributed by atoms with Gasteiger partial charge in [-0.25, -0.2) is 4.79 Å². The molecule has 354 valence electrons. The first-order chi connectivity index (χ1) is 29.3. The van der Waals surface area contributed by atoms with E-state index >= 15 is 0 Å². The summed E-state index contributed by atoms with van der Waals surface area (Å²) < 4.78 is 42.8. The van der Waals surface area contributed by atoms with E-state index in [2.05, 4.69) is 26.2 Å². The highest BCUT2D eigenvalue weighted by Crippen LogP contribution is 2.34. The van der Waals surface area contributed by atoms with Gasteiger partial charge in [0.1, 0.15) is 67.1 Å². The van der Waals surface area contributed by atoms with E-state index in [1.165, 1.54) is 0 Å². The Bertz CT molecular complexity index is 1520. The fourth-order valence-corrected chi connectivity index (χ4v) is 7.16. The first kappa shape index (κ1) is 52.8. The van der Waals surface area contributed by atoms with Crippen LogP contribution in [0.15, 0.2) is 0 Å². The molecule has 0 saturated carbocycles. The molecule has 12 N–H and O–H groups in total. The molecule has 18 unspecified atom stereocenters. The summed E-state index contributed by atoms with van der Waals surface area (Å²) in [6.07, 6.45) is -27.9. The van der Waals surface area contributed by atoms with Crippen molar-refractivity contribution in [3.63, 3.8) is 0 Å². The van der Waals surface area contributed by atoms with Gasteiger partial charge in [0.25, 0.3) is 19.4 Å². The molecule has 62 heavy (non-hydrogen) atoms. The van der Waals surface area contributed by atoms with Crippen LogP contribution in [0, 0.1) is 0 Å². The molecule has 29 heteroatoms. The zero-order valence-electron chi connectivity index (χ0n) is 33.1. The van der Waals surface area contributed by atoms with E-state index in [0.29, 0.717) is 0 Å². The predicted octanol–water partition coefficient (Wildman–Crippen LogP) is -8.32. The van der Waals surface area contributed by atoms with E-state index in [9.17, 15) is 74.4 Å². The third-order valence-electron chi connectivity index (χ3n) is 9.62. The first-order valence-electron chi connectivity index (χ1n) is 18.5. The lowest BCUT2D eigenvalue weighted by atomic mass is 9.89. The molecule has 0 bridgehead atoms. The van der Waals surface area contributed by atoms with Crippen LogP contribution >= 0.6 is 22.6 Å². The Morgan fingerprint density at radius 2 is 1.24 bits per heavy atom. The second kappa shape index (κ2) is 24.5. The van der Waals surface area contributed by atoms with Crippen LogP contribution in [0.25, 0.3) is 0 Å². The quantitative estimate of drug-likeness (QED) is 0.0113. The number of ether oxygens (including phenoxy) is 8. The molecule has 18 atom stereocenters. The van der Waals surface area contributed by atoms with Gasteiger partial charge < -0.3 is 99.5 Å². The number of alkyl halides is 1. The highest BCUT2D eigenvalue weighted by molar-refractivity contribution is 14.1. The van der Waals surface area contributed by atoms with E-state index in [1.54, 1.807) is 22.6 Å². The third kappa shape index (κ3) is 13.7. The van der Waals surface area contributed by atoms with Crippen molar-refractivity contribution in [2.75, 3.05) is 24.2 Å². The Labute approximate surface area is 364 Å². The van der Waals surface area contributed by atoms with Gasteiger partial charge in [-0.2, -0.15) is 5.48 Å². The molecular weight excluding hydrogens is 963 g/mol. The summed E-state index contributed by atoms with van der Waals surface area (Å²) in [6, 6.07) is -4.77. The van der Waals surface area contributed by atoms with Crippen molar-refractivity contribution in [3.8, 4) is 0 Å². The lowest BCUT2D eigenvalue weighted by Gasteiger charge is -2.49. The van der Waals surface area contributed by atoms with Gasteiger partial charge in [-0.1, -0.05) is 22.6 Å². The Kier molecular flexibility index (Phi) is 20.9. The predicted molar refractivity (Wildman–Crippen MR) is 201 cm³/mol. The van der Waals surface area contributed by atoms with Crippen molar-refractivity contribution in [1.29, 1.82) is 0 Å². The first-order valence-corrected chi connectivity index (χ1v) is 20.1. The zero-order valence-corrected chi connectivity index (χ0v) is 35.2. The number of carbonyl (C=O) groups is 7. The van der Waals surface area contributed by atoms with E-state index in [0.717, 1.165) is 20.8 Å². The maximum Gasteiger partial charge on any atom is 0.334 e. The zero-order chi connectivity index (χ0) is 46.5. The molecule has 3 saturated heterocycles. The average molecular weight is 1010 g/mol. The molecule has 0 radical (unpaired) electrons. The Morgan fingerprint density at radius 3 is 1.73 bits per heavy atom. The molecule has 3 aliphatic rings. The van der Waals surface area contributed by atoms with Gasteiger partial charge in [0.15, 0.2) is 0 Å². The number of hydrogen-bond acceptors (Lipinski definition) is 25. The number of amides is 3. The summed E-state index contributed by atoms with van der Waals surface area (Å²) >= 11 is 1.73. The summed E-state index contributed by atoms with van der Waals surface area (Å²) in [4.78, 5) is 87.3. The molecule has 0 aliphatic carbocycles. The molecule has 0 spiro atoms. The van der Waals surface area contributed by atoms with E-state index in [1.807, 2.05) is 0 Å². The number of rotatable bonds is 23. The van der Waals surface area contributed by atoms with Gasteiger partial charge in [-0.05, 0) is 0 Å². The van der Waals surface area contributed by atoms with Crippen molar-refractivity contribution in [2.24, 2.45) is 0 Å². The normalized spacial score (nSPS) is 35.4. The Balaban J connectivity index is 1.95. The number of hydroxylamine groups is 1. The van der Waals surface area contributed by atoms with Gasteiger partial charge in [0, 0.05) is 20.8 Å². The van der Waals surface area contributed by atoms with Crippen molar-refractivity contribution in [3.05, 3.63) is 0 Å². The molecule has 3 rings (SSSR count). The molecule has 3 heterocycles. The summed E-state index contributed by atoms with van der Waals surface area (Å²) in [5, 5.41) is 95.3. The molecular formula is C33H51IN4O24. The monoisotopic (exact) mass is 1010 g/mol. The number of hydrogen-bond donors (Lipinski definition) is 12. The fraction of sp³-hybridized carbons (Fsp3) is 0.788. The van der Waals surface area contributed by atoms with Crippen LogP contribution in [0.5, 0.6) is 0 Å². The van der Waals surface area contributed by atoms with Crippen LogP contribution in [-0.4, -0.2) is 218 Å². The van der Waals surface area contributed by atoms with Crippen LogP contribution in [0.1, 0.15) is 27.2 Å². The van der Waals surface area contributed by atoms with Crippen LogP contribution in [-0.2, 0) is 76.3 Å². The van der Waals surface area contributed by atoms with Crippen LogP contribution < -0.4 is 21.4 Å². The number of nitrogens with one attached hydrogen (secondary N) is 4. The van der Waals surface area contributed by atoms with E-state index in [4.69, 9.17) is 38.0 Å². The molecule has 28 nitrogen and oxygen atoms in total. The lowest BCUT2D eigenvalue weighted by molar-refractivity contribution is -0.395. The molecule has 3 amide bonds. The van der Waals surface area contributed by atoms with Gasteiger partial charge >= 0.3 is 11.9 Å². The second-order valence-corrected chi connectivity index (χ2v) is 14.8. The SMILES string of the molecule is CC(=O)NC1C(CNOC(=O)CI)OC(OC=O)C(OC(CO)C(O)C2OC(OC=O)C(OC(CO)C(O)C3OC(O)(OC=O)CC(O)C3NC(C)=O)C(O)C2NC(C)=O)C1O. The Morgan fingerprint density at radius 1 is 0.758 bits per heavy atom. The van der Waals surface area contributed by atoms with Crippen molar-refractivity contribution >= 4 is 65.7 Å². The number of halogens is 1. The smallest absolute Gasteiger partial charge is 0.334 e. The fourth-order valence-electron chi connectivity index (χ4n) is 7.01. The second-order valence-electron chi connectivity index (χ2n) is 14.0. The summed E-state index contributed by atoms with van der Waals surface area (Å²) in [5.74, 6) is -5.89. The highest BCUT2D eigenvalue weighted by Gasteiger charge is 2.56. The van der Waals surface area contributed by atoms with Crippen molar-refractivity contribution in [1.82, 2.24) is 21.4 Å². The molecule has 3 fully saturated rings. The maximum absolute atomic E-state index is 12.5. The Hall–Kier alpha value is -3.54. The third-order valence-corrected chi connectivity index (χ3v) is 10.2. The highest BCUT2D eigenvalue weighted by atomic mass is 127. The van der Waals surface area contributed by atoms with E-state index in [-0.39, 0.29) is 30.4 Å². The molecule has 0 aromatic heterocycles. The topological polar surface area (TPSA) is 413 Å². The summed E-state index contributed by atoms with van der Waals surface area (Å²) in [6.45, 7) is -0.140. The molecule has 0 aromatic rings. The minimum Gasteiger partial charge on any atom is -0.435 e. The van der Waals surface area contributed by atoms with Crippen LogP contribution in [0.3, 0.4) is 0 Å².